The first-order valence-electron chi connectivity index (χ1n) is 5.79. The normalized spacial score (nSPS) is 10.9. The summed E-state index contributed by atoms with van der Waals surface area (Å²) in [7, 11) is 0. The third-order valence-electron chi connectivity index (χ3n) is 2.51. The van der Waals surface area contributed by atoms with Crippen LogP contribution in [0.15, 0.2) is 29.3 Å². The lowest BCUT2D eigenvalue weighted by Crippen LogP contribution is -1.92. The second-order valence-corrected chi connectivity index (χ2v) is 4.21. The van der Waals surface area contributed by atoms with E-state index in [1.807, 2.05) is 19.9 Å². The van der Waals surface area contributed by atoms with Crippen LogP contribution in [0.5, 0.6) is 5.75 Å². The lowest BCUT2D eigenvalue weighted by Gasteiger charge is -1.99. The Balaban J connectivity index is 2.35. The highest BCUT2D eigenvalue weighted by atomic mass is 16.6. The first-order chi connectivity index (χ1) is 9.45. The number of hydrogen-bond donors (Lipinski definition) is 1. The standard InChI is InChI=1S/C13H12N4O3/c1-8-5-9(2)16-13(15-8)14-7-10-6-11(17(19)20)3-4-12(10)18/h3-7,18H,1-2H3. The van der Waals surface area contributed by atoms with Crippen molar-refractivity contribution in [2.24, 2.45) is 4.99 Å². The summed E-state index contributed by atoms with van der Waals surface area (Å²) in [4.78, 5) is 22.4. The third-order valence-corrected chi connectivity index (χ3v) is 2.51. The number of aliphatic imine (C=N–C) groups is 1. The Morgan fingerprint density at radius 1 is 1.25 bits per heavy atom. The van der Waals surface area contributed by atoms with Crippen LogP contribution in [-0.4, -0.2) is 26.2 Å². The van der Waals surface area contributed by atoms with Gasteiger partial charge in [0.1, 0.15) is 5.75 Å². The topological polar surface area (TPSA) is 102 Å². The summed E-state index contributed by atoms with van der Waals surface area (Å²) < 4.78 is 0. The Morgan fingerprint density at radius 2 is 1.90 bits per heavy atom. The van der Waals surface area contributed by atoms with Crippen molar-refractivity contribution >= 4 is 17.9 Å². The summed E-state index contributed by atoms with van der Waals surface area (Å²) in [5.74, 6) is 0.150. The highest BCUT2D eigenvalue weighted by Crippen LogP contribution is 2.21. The smallest absolute Gasteiger partial charge is 0.270 e. The quantitative estimate of drug-likeness (QED) is 0.525. The Labute approximate surface area is 114 Å². The van der Waals surface area contributed by atoms with Crippen molar-refractivity contribution in [1.29, 1.82) is 0 Å². The van der Waals surface area contributed by atoms with Crippen LogP contribution < -0.4 is 0 Å². The average molecular weight is 272 g/mol. The van der Waals surface area contributed by atoms with Crippen LogP contribution in [0.4, 0.5) is 11.6 Å². The van der Waals surface area contributed by atoms with Crippen LogP contribution in [0, 0.1) is 24.0 Å². The van der Waals surface area contributed by atoms with E-state index in [1.165, 1.54) is 24.4 Å². The zero-order valence-corrected chi connectivity index (χ0v) is 10.9. The van der Waals surface area contributed by atoms with E-state index in [1.54, 1.807) is 0 Å². The van der Waals surface area contributed by atoms with Gasteiger partial charge in [-0.15, -0.1) is 0 Å². The molecule has 2 aromatic rings. The summed E-state index contributed by atoms with van der Waals surface area (Å²) in [6.07, 6.45) is 1.30. The van der Waals surface area contributed by atoms with Gasteiger partial charge in [-0.25, -0.2) is 15.0 Å². The number of benzene rings is 1. The summed E-state index contributed by atoms with van der Waals surface area (Å²) in [6, 6.07) is 5.52. The van der Waals surface area contributed by atoms with Gasteiger partial charge in [0.05, 0.1) is 4.92 Å². The van der Waals surface area contributed by atoms with Crippen molar-refractivity contribution in [1.82, 2.24) is 9.97 Å². The highest BCUT2D eigenvalue weighted by Gasteiger charge is 2.08. The van der Waals surface area contributed by atoms with Crippen molar-refractivity contribution in [2.75, 3.05) is 0 Å². The molecule has 20 heavy (non-hydrogen) atoms. The number of aryl methyl sites for hydroxylation is 2. The van der Waals surface area contributed by atoms with E-state index in [-0.39, 0.29) is 22.9 Å². The number of phenolic OH excluding ortho intramolecular Hbond substituents is 1. The van der Waals surface area contributed by atoms with E-state index in [0.29, 0.717) is 0 Å². The maximum atomic E-state index is 10.7. The molecule has 0 spiro atoms. The van der Waals surface area contributed by atoms with Crippen LogP contribution >= 0.6 is 0 Å². The molecule has 7 nitrogen and oxygen atoms in total. The van der Waals surface area contributed by atoms with E-state index < -0.39 is 4.92 Å². The molecular weight excluding hydrogens is 260 g/mol. The van der Waals surface area contributed by atoms with Crippen LogP contribution in [0.25, 0.3) is 0 Å². The molecule has 0 fully saturated rings. The van der Waals surface area contributed by atoms with Gasteiger partial charge in [-0.3, -0.25) is 10.1 Å². The van der Waals surface area contributed by atoms with Gasteiger partial charge in [-0.05, 0) is 26.0 Å². The van der Waals surface area contributed by atoms with Crippen LogP contribution in [0.3, 0.4) is 0 Å². The van der Waals surface area contributed by atoms with Gasteiger partial charge in [0.2, 0.25) is 5.95 Å². The minimum Gasteiger partial charge on any atom is -0.507 e. The number of aromatic nitrogens is 2. The number of rotatable bonds is 3. The van der Waals surface area contributed by atoms with Crippen molar-refractivity contribution in [3.05, 3.63) is 51.3 Å². The summed E-state index contributed by atoms with van der Waals surface area (Å²) in [5, 5.41) is 20.3. The number of hydrogen-bond acceptors (Lipinski definition) is 6. The SMILES string of the molecule is Cc1cc(C)nc(N=Cc2cc([N+](=O)[O-])ccc2O)n1. The molecular formula is C13H12N4O3. The fourth-order valence-corrected chi connectivity index (χ4v) is 1.65. The minimum atomic E-state index is -0.538. The van der Waals surface area contributed by atoms with E-state index in [9.17, 15) is 15.2 Å². The molecule has 1 heterocycles. The zero-order valence-electron chi connectivity index (χ0n) is 10.9. The molecule has 0 saturated heterocycles. The lowest BCUT2D eigenvalue weighted by molar-refractivity contribution is -0.384. The van der Waals surface area contributed by atoms with Crippen LogP contribution in [0.2, 0.25) is 0 Å². The Hall–Kier alpha value is -2.83. The molecule has 0 amide bonds. The maximum absolute atomic E-state index is 10.7. The number of phenols is 1. The monoisotopic (exact) mass is 272 g/mol. The Bertz CT molecular complexity index is 678. The van der Waals surface area contributed by atoms with Gasteiger partial charge in [0.15, 0.2) is 0 Å². The molecule has 0 bridgehead atoms. The molecule has 0 unspecified atom stereocenters. The lowest BCUT2D eigenvalue weighted by atomic mass is 10.2. The van der Waals surface area contributed by atoms with E-state index in [2.05, 4.69) is 15.0 Å². The summed E-state index contributed by atoms with van der Waals surface area (Å²) >= 11 is 0. The second kappa shape index (κ2) is 5.43. The molecule has 1 aromatic heterocycles. The summed E-state index contributed by atoms with van der Waals surface area (Å²) in [6.45, 7) is 3.64. The largest absolute Gasteiger partial charge is 0.507 e. The fraction of sp³-hybridized carbons (Fsp3) is 0.154. The van der Waals surface area contributed by atoms with Crippen LogP contribution in [-0.2, 0) is 0 Å². The van der Waals surface area contributed by atoms with E-state index >= 15 is 0 Å². The molecule has 0 aliphatic heterocycles. The van der Waals surface area contributed by atoms with Gasteiger partial charge in [-0.2, -0.15) is 0 Å². The molecule has 2 rings (SSSR count). The van der Waals surface area contributed by atoms with Crippen molar-refractivity contribution in [2.45, 2.75) is 13.8 Å². The zero-order chi connectivity index (χ0) is 14.7. The molecule has 0 atom stereocenters. The molecule has 7 heteroatoms. The second-order valence-electron chi connectivity index (χ2n) is 4.21. The van der Waals surface area contributed by atoms with Gasteiger partial charge >= 0.3 is 0 Å². The molecule has 0 aliphatic carbocycles. The van der Waals surface area contributed by atoms with Gasteiger partial charge in [0, 0.05) is 35.3 Å². The minimum absolute atomic E-state index is 0.0938. The molecule has 0 saturated carbocycles. The maximum Gasteiger partial charge on any atom is 0.270 e. The van der Waals surface area contributed by atoms with Gasteiger partial charge < -0.3 is 5.11 Å². The van der Waals surface area contributed by atoms with E-state index in [0.717, 1.165) is 11.4 Å². The van der Waals surface area contributed by atoms with Crippen LogP contribution in [0.1, 0.15) is 17.0 Å². The number of nitrogens with zero attached hydrogens (tertiary/aromatic N) is 4. The van der Waals surface area contributed by atoms with Gasteiger partial charge in [-0.1, -0.05) is 0 Å². The highest BCUT2D eigenvalue weighted by molar-refractivity contribution is 5.85. The van der Waals surface area contributed by atoms with Crippen molar-refractivity contribution in [3.8, 4) is 5.75 Å². The molecule has 1 N–H and O–H groups in total. The predicted octanol–water partition coefficient (Wildman–Crippen LogP) is 2.46. The first kappa shape index (κ1) is 13.6. The van der Waals surface area contributed by atoms with E-state index in [4.69, 9.17) is 0 Å². The molecule has 0 aliphatic rings. The van der Waals surface area contributed by atoms with Crippen molar-refractivity contribution < 1.29 is 10.0 Å². The fourth-order valence-electron chi connectivity index (χ4n) is 1.65. The number of nitro groups is 1. The number of non-ortho nitro benzene ring substituents is 1. The Morgan fingerprint density at radius 3 is 2.50 bits per heavy atom. The Kier molecular flexibility index (Phi) is 3.69. The predicted molar refractivity (Wildman–Crippen MR) is 73.5 cm³/mol. The average Bonchev–Trinajstić information content (AvgIpc) is 2.36. The third kappa shape index (κ3) is 3.14. The molecule has 1 aromatic carbocycles. The molecule has 102 valence electrons. The molecule has 0 radical (unpaired) electrons. The summed E-state index contributed by atoms with van der Waals surface area (Å²) in [5.41, 5.74) is 1.66. The van der Waals surface area contributed by atoms with Crippen molar-refractivity contribution in [3.63, 3.8) is 0 Å². The van der Waals surface area contributed by atoms with Gasteiger partial charge in [0.25, 0.3) is 5.69 Å². The first-order valence-corrected chi connectivity index (χ1v) is 5.79. The number of nitro benzene ring substituents is 1. The number of aromatic hydroxyl groups is 1.